The molecule has 240 valence electrons. The van der Waals surface area contributed by atoms with Crippen LogP contribution in [0.15, 0.2) is 77.8 Å². The highest BCUT2D eigenvalue weighted by Crippen LogP contribution is 2.30. The number of ether oxygens (including phenoxy) is 1. The van der Waals surface area contributed by atoms with E-state index >= 15 is 0 Å². The third kappa shape index (κ3) is 10.9. The Morgan fingerprint density at radius 3 is 2.36 bits per heavy atom. The highest BCUT2D eigenvalue weighted by atomic mass is 16.5. The first-order valence-corrected chi connectivity index (χ1v) is 16.8. The molecular formula is C38H50N4O3. The number of unbranched alkanes of at least 4 members (excludes halogenated alkanes) is 6. The van der Waals surface area contributed by atoms with Gasteiger partial charge in [-0.2, -0.15) is 0 Å². The topological polar surface area (TPSA) is 91.8 Å². The van der Waals surface area contributed by atoms with Crippen molar-refractivity contribution in [3.63, 3.8) is 0 Å². The number of carbonyl (C=O) groups is 2. The average Bonchev–Trinajstić information content (AvgIpc) is 3.07. The largest absolute Gasteiger partial charge is 0.378 e. The molecule has 1 aliphatic rings. The molecule has 0 aliphatic carbocycles. The molecule has 7 heteroatoms. The van der Waals surface area contributed by atoms with Gasteiger partial charge in [-0.3, -0.25) is 9.59 Å². The maximum atomic E-state index is 13.3. The van der Waals surface area contributed by atoms with Crippen LogP contribution in [0, 0.1) is 0 Å². The summed E-state index contributed by atoms with van der Waals surface area (Å²) in [5, 5.41) is 9.65. The van der Waals surface area contributed by atoms with E-state index in [0.29, 0.717) is 25.1 Å². The van der Waals surface area contributed by atoms with Crippen LogP contribution in [0.1, 0.15) is 106 Å². The minimum Gasteiger partial charge on any atom is -0.378 e. The molecule has 1 heterocycles. The summed E-state index contributed by atoms with van der Waals surface area (Å²) >= 11 is 0. The predicted molar refractivity (Wildman–Crippen MR) is 186 cm³/mol. The van der Waals surface area contributed by atoms with E-state index in [0.717, 1.165) is 59.6 Å². The van der Waals surface area contributed by atoms with Crippen molar-refractivity contribution in [2.45, 2.75) is 104 Å². The fourth-order valence-corrected chi connectivity index (χ4v) is 5.56. The Hall–Kier alpha value is -3.97. The number of nitrogens with one attached hydrogen (secondary N) is 3. The van der Waals surface area contributed by atoms with Gasteiger partial charge in [-0.1, -0.05) is 101 Å². The predicted octanol–water partition coefficient (Wildman–Crippen LogP) is 8.82. The van der Waals surface area contributed by atoms with Crippen molar-refractivity contribution in [1.29, 1.82) is 0 Å². The number of amides is 2. The van der Waals surface area contributed by atoms with Gasteiger partial charge < -0.3 is 20.7 Å². The molecule has 4 rings (SSSR count). The maximum Gasteiger partial charge on any atom is 0.251 e. The van der Waals surface area contributed by atoms with Gasteiger partial charge in [0.05, 0.1) is 42.4 Å². The van der Waals surface area contributed by atoms with E-state index in [4.69, 9.17) is 9.73 Å². The first-order chi connectivity index (χ1) is 22.0. The summed E-state index contributed by atoms with van der Waals surface area (Å²) in [6, 6.07) is 23.4. The zero-order valence-electron chi connectivity index (χ0n) is 27.2. The lowest BCUT2D eigenvalue weighted by molar-refractivity contribution is -0.116. The number of carbonyl (C=O) groups excluding carboxylic acids is 2. The molecule has 7 nitrogen and oxygen atoms in total. The van der Waals surface area contributed by atoms with Crippen molar-refractivity contribution < 1.29 is 14.3 Å². The van der Waals surface area contributed by atoms with Gasteiger partial charge in [0.15, 0.2) is 0 Å². The zero-order valence-corrected chi connectivity index (χ0v) is 27.2. The van der Waals surface area contributed by atoms with Crippen molar-refractivity contribution in [3.8, 4) is 0 Å². The Morgan fingerprint density at radius 1 is 0.889 bits per heavy atom. The summed E-state index contributed by atoms with van der Waals surface area (Å²) < 4.78 is 6.13. The quantitative estimate of drug-likeness (QED) is 0.126. The molecule has 0 fully saturated rings. The molecule has 0 saturated carbocycles. The average molecular weight is 611 g/mol. The van der Waals surface area contributed by atoms with E-state index in [9.17, 15) is 9.59 Å². The van der Waals surface area contributed by atoms with E-state index in [1.54, 1.807) is 0 Å². The van der Waals surface area contributed by atoms with Crippen molar-refractivity contribution in [3.05, 3.63) is 89.5 Å². The Balaban J connectivity index is 1.32. The molecular weight excluding hydrogens is 560 g/mol. The van der Waals surface area contributed by atoms with E-state index in [2.05, 4.69) is 29.8 Å². The van der Waals surface area contributed by atoms with Crippen LogP contribution in [0.3, 0.4) is 0 Å². The number of benzene rings is 3. The number of hydrogen-bond donors (Lipinski definition) is 3. The SMILES string of the molecule is CCCCCCCCCC(=O)Nc1ccc(C2=Nc3cc(C(=O)NC(CCC)C(C)OCc4ccccc4)ccc3NC2)cc1. The van der Waals surface area contributed by atoms with Crippen LogP contribution in [0.2, 0.25) is 0 Å². The Bertz CT molecular complexity index is 1390. The molecule has 3 aromatic rings. The van der Waals surface area contributed by atoms with Crippen LogP contribution >= 0.6 is 0 Å². The van der Waals surface area contributed by atoms with Gasteiger partial charge in [-0.15, -0.1) is 0 Å². The second kappa shape index (κ2) is 18.1. The number of aliphatic imine (C=N–C) groups is 1. The summed E-state index contributed by atoms with van der Waals surface area (Å²) in [6.45, 7) is 7.44. The summed E-state index contributed by atoms with van der Waals surface area (Å²) in [5.74, 6) is -0.0728. The number of rotatable bonds is 18. The van der Waals surface area contributed by atoms with Crippen LogP contribution < -0.4 is 16.0 Å². The summed E-state index contributed by atoms with van der Waals surface area (Å²) in [5.41, 5.74) is 5.95. The van der Waals surface area contributed by atoms with E-state index < -0.39 is 0 Å². The van der Waals surface area contributed by atoms with E-state index in [1.165, 1.54) is 32.1 Å². The van der Waals surface area contributed by atoms with Gasteiger partial charge in [0.2, 0.25) is 5.91 Å². The zero-order chi connectivity index (χ0) is 31.9. The normalized spacial score (nSPS) is 13.6. The van der Waals surface area contributed by atoms with Crippen LogP contribution in [0.25, 0.3) is 0 Å². The van der Waals surface area contributed by atoms with Crippen molar-refractivity contribution in [1.82, 2.24) is 5.32 Å². The molecule has 0 radical (unpaired) electrons. The van der Waals surface area contributed by atoms with Crippen LogP contribution in [0.4, 0.5) is 17.1 Å². The van der Waals surface area contributed by atoms with E-state index in [-0.39, 0.29) is 24.0 Å². The molecule has 45 heavy (non-hydrogen) atoms. The standard InChI is InChI=1S/C38H50N4O3/c1-4-6-7-8-9-10-14-18-37(43)40-32-22-19-30(20-23-32)36-26-39-34-24-21-31(25-35(34)41-36)38(44)42-33(15-5-2)28(3)45-27-29-16-12-11-13-17-29/h11-13,16-17,19-25,28,33,39H,4-10,14-15,18,26-27H2,1-3H3,(H,40,43)(H,42,44). The van der Waals surface area contributed by atoms with Gasteiger partial charge in [0.1, 0.15) is 0 Å². The van der Waals surface area contributed by atoms with E-state index in [1.807, 2.05) is 79.7 Å². The fraction of sp³-hybridized carbons (Fsp3) is 0.447. The van der Waals surface area contributed by atoms with Crippen LogP contribution in [-0.2, 0) is 16.1 Å². The van der Waals surface area contributed by atoms with Gasteiger partial charge >= 0.3 is 0 Å². The minimum absolute atomic E-state index is 0.0611. The fourth-order valence-electron chi connectivity index (χ4n) is 5.56. The van der Waals surface area contributed by atoms with Crippen LogP contribution in [0.5, 0.6) is 0 Å². The minimum atomic E-state index is -0.134. The van der Waals surface area contributed by atoms with Crippen molar-refractivity contribution >= 4 is 34.6 Å². The first-order valence-electron chi connectivity index (χ1n) is 16.8. The molecule has 0 spiro atoms. The third-order valence-corrected chi connectivity index (χ3v) is 8.31. The molecule has 0 aromatic heterocycles. The summed E-state index contributed by atoms with van der Waals surface area (Å²) in [4.78, 5) is 30.6. The Morgan fingerprint density at radius 2 is 1.62 bits per heavy atom. The van der Waals surface area contributed by atoms with Gasteiger partial charge in [0.25, 0.3) is 5.91 Å². The van der Waals surface area contributed by atoms with Crippen LogP contribution in [-0.4, -0.2) is 36.2 Å². The summed E-state index contributed by atoms with van der Waals surface area (Å²) in [6.07, 6.45) is 10.5. The molecule has 3 aromatic carbocycles. The van der Waals surface area contributed by atoms with Crippen molar-refractivity contribution in [2.75, 3.05) is 17.2 Å². The van der Waals surface area contributed by atoms with Gasteiger partial charge in [-0.05, 0) is 61.2 Å². The second-order valence-electron chi connectivity index (χ2n) is 12.0. The second-order valence-corrected chi connectivity index (χ2v) is 12.0. The lowest BCUT2D eigenvalue weighted by atomic mass is 10.0. The Labute approximate surface area is 269 Å². The van der Waals surface area contributed by atoms with Crippen molar-refractivity contribution in [2.24, 2.45) is 4.99 Å². The van der Waals surface area contributed by atoms with Gasteiger partial charge in [0, 0.05) is 17.7 Å². The maximum absolute atomic E-state index is 13.3. The number of nitrogens with zero attached hydrogens (tertiary/aromatic N) is 1. The highest BCUT2D eigenvalue weighted by molar-refractivity contribution is 6.08. The number of fused-ring (bicyclic) bond motifs is 1. The first kappa shape index (κ1) is 33.9. The molecule has 2 amide bonds. The summed E-state index contributed by atoms with van der Waals surface area (Å²) in [7, 11) is 0. The smallest absolute Gasteiger partial charge is 0.251 e. The highest BCUT2D eigenvalue weighted by Gasteiger charge is 2.22. The number of hydrogen-bond acceptors (Lipinski definition) is 5. The Kier molecular flexibility index (Phi) is 13.6. The monoisotopic (exact) mass is 610 g/mol. The van der Waals surface area contributed by atoms with Gasteiger partial charge in [-0.25, -0.2) is 4.99 Å². The molecule has 1 aliphatic heterocycles. The lowest BCUT2D eigenvalue weighted by Gasteiger charge is -2.25. The molecule has 2 atom stereocenters. The third-order valence-electron chi connectivity index (χ3n) is 8.31. The lowest BCUT2D eigenvalue weighted by Crippen LogP contribution is -2.43. The molecule has 0 bridgehead atoms. The molecule has 3 N–H and O–H groups in total. The number of anilines is 2. The molecule has 2 unspecified atom stereocenters. The molecule has 0 saturated heterocycles.